The number of nitrogens with two attached hydrogens (primary N) is 1. The SMILES string of the molecule is Nc1c2c(cc(=O)n1-c1ccccc1SCC(F)F)C(=O)NC2=O. The Kier molecular flexibility index (Phi) is 4.10. The monoisotopic (exact) mass is 351 g/mol. The summed E-state index contributed by atoms with van der Waals surface area (Å²) in [5.74, 6) is -2.04. The average Bonchev–Trinajstić information content (AvgIpc) is 2.80. The van der Waals surface area contributed by atoms with E-state index in [4.69, 9.17) is 5.73 Å². The third-order valence-electron chi connectivity index (χ3n) is 3.42. The quantitative estimate of drug-likeness (QED) is 0.645. The molecule has 0 saturated heterocycles. The molecule has 0 atom stereocenters. The number of anilines is 1. The molecule has 0 saturated carbocycles. The van der Waals surface area contributed by atoms with Gasteiger partial charge in [-0.15, -0.1) is 11.8 Å². The van der Waals surface area contributed by atoms with Crippen molar-refractivity contribution < 1.29 is 18.4 Å². The Morgan fingerprint density at radius 3 is 2.58 bits per heavy atom. The van der Waals surface area contributed by atoms with Gasteiger partial charge in [-0.25, -0.2) is 8.78 Å². The number of pyridine rings is 1. The highest BCUT2D eigenvalue weighted by molar-refractivity contribution is 7.99. The van der Waals surface area contributed by atoms with Crippen LogP contribution in [-0.2, 0) is 0 Å². The topological polar surface area (TPSA) is 94.2 Å². The molecule has 9 heteroatoms. The number of imide groups is 1. The summed E-state index contributed by atoms with van der Waals surface area (Å²) in [5.41, 5.74) is 5.42. The Morgan fingerprint density at radius 1 is 1.17 bits per heavy atom. The third-order valence-corrected chi connectivity index (χ3v) is 4.50. The molecule has 2 aromatic rings. The second kappa shape index (κ2) is 6.08. The molecule has 2 amide bonds. The summed E-state index contributed by atoms with van der Waals surface area (Å²) in [4.78, 5) is 36.3. The van der Waals surface area contributed by atoms with Gasteiger partial charge in [0.25, 0.3) is 17.4 Å². The molecule has 1 aromatic heterocycles. The number of nitrogens with one attached hydrogen (secondary N) is 1. The number of thioether (sulfide) groups is 1. The van der Waals surface area contributed by atoms with E-state index in [9.17, 15) is 23.2 Å². The first kappa shape index (κ1) is 16.2. The van der Waals surface area contributed by atoms with E-state index in [1.165, 1.54) is 6.07 Å². The van der Waals surface area contributed by atoms with E-state index in [1.54, 1.807) is 18.2 Å². The highest BCUT2D eigenvalue weighted by Crippen LogP contribution is 2.30. The third kappa shape index (κ3) is 2.67. The van der Waals surface area contributed by atoms with Crippen molar-refractivity contribution in [1.29, 1.82) is 0 Å². The van der Waals surface area contributed by atoms with Crippen LogP contribution in [0.3, 0.4) is 0 Å². The molecular formula is C15H11F2N3O3S. The molecule has 2 heterocycles. The Morgan fingerprint density at radius 2 is 1.88 bits per heavy atom. The number of nitrogens with zero attached hydrogens (tertiary/aromatic N) is 1. The molecule has 1 aliphatic heterocycles. The number of amides is 2. The van der Waals surface area contributed by atoms with Crippen molar-refractivity contribution in [2.75, 3.05) is 11.5 Å². The van der Waals surface area contributed by atoms with E-state index >= 15 is 0 Å². The van der Waals surface area contributed by atoms with Crippen LogP contribution in [0, 0.1) is 0 Å². The summed E-state index contributed by atoms with van der Waals surface area (Å²) >= 11 is 0.869. The number of benzene rings is 1. The van der Waals surface area contributed by atoms with Crippen molar-refractivity contribution in [3.05, 3.63) is 51.8 Å². The number of aromatic nitrogens is 1. The second-order valence-electron chi connectivity index (χ2n) is 4.94. The van der Waals surface area contributed by atoms with Gasteiger partial charge >= 0.3 is 0 Å². The minimum absolute atomic E-state index is 0.0866. The molecule has 0 unspecified atom stereocenters. The number of fused-ring (bicyclic) bond motifs is 1. The zero-order valence-electron chi connectivity index (χ0n) is 12.1. The van der Waals surface area contributed by atoms with Gasteiger partial charge in [0.15, 0.2) is 0 Å². The predicted molar refractivity (Wildman–Crippen MR) is 85.0 cm³/mol. The van der Waals surface area contributed by atoms with Gasteiger partial charge in [-0.3, -0.25) is 24.3 Å². The van der Waals surface area contributed by atoms with Crippen LogP contribution in [0.5, 0.6) is 0 Å². The zero-order valence-corrected chi connectivity index (χ0v) is 12.9. The van der Waals surface area contributed by atoms with Gasteiger partial charge in [0.1, 0.15) is 5.82 Å². The lowest BCUT2D eigenvalue weighted by Crippen LogP contribution is -2.24. The zero-order chi connectivity index (χ0) is 17.4. The molecule has 24 heavy (non-hydrogen) atoms. The fourth-order valence-electron chi connectivity index (χ4n) is 2.44. The van der Waals surface area contributed by atoms with Crippen molar-refractivity contribution in [1.82, 2.24) is 9.88 Å². The van der Waals surface area contributed by atoms with Crippen LogP contribution < -0.4 is 16.6 Å². The van der Waals surface area contributed by atoms with E-state index < -0.39 is 29.6 Å². The summed E-state index contributed by atoms with van der Waals surface area (Å²) in [5, 5.41) is 2.07. The normalized spacial score (nSPS) is 13.3. The van der Waals surface area contributed by atoms with Crippen LogP contribution in [0.15, 0.2) is 40.0 Å². The minimum Gasteiger partial charge on any atom is -0.384 e. The number of hydrogen-bond donors (Lipinski definition) is 2. The largest absolute Gasteiger partial charge is 0.384 e. The summed E-state index contributed by atoms with van der Waals surface area (Å²) in [7, 11) is 0. The predicted octanol–water partition coefficient (Wildman–Crippen LogP) is 1.66. The highest BCUT2D eigenvalue weighted by Gasteiger charge is 2.32. The van der Waals surface area contributed by atoms with Crippen LogP contribution in [0.4, 0.5) is 14.6 Å². The molecule has 6 nitrogen and oxygen atoms in total. The van der Waals surface area contributed by atoms with Crippen molar-refractivity contribution in [3.8, 4) is 5.69 Å². The minimum atomic E-state index is -2.51. The maximum atomic E-state index is 12.5. The van der Waals surface area contributed by atoms with E-state index in [-0.39, 0.29) is 22.6 Å². The summed E-state index contributed by atoms with van der Waals surface area (Å²) in [6.45, 7) is 0. The summed E-state index contributed by atoms with van der Waals surface area (Å²) in [6, 6.07) is 7.38. The fourth-order valence-corrected chi connectivity index (χ4v) is 3.23. The Labute approximate surface area is 138 Å². The van der Waals surface area contributed by atoms with Crippen molar-refractivity contribution in [3.63, 3.8) is 0 Å². The van der Waals surface area contributed by atoms with Crippen LogP contribution in [0.1, 0.15) is 20.7 Å². The first-order valence-corrected chi connectivity index (χ1v) is 7.80. The lowest BCUT2D eigenvalue weighted by Gasteiger charge is -2.15. The molecule has 0 bridgehead atoms. The Hall–Kier alpha value is -2.68. The van der Waals surface area contributed by atoms with Gasteiger partial charge in [-0.1, -0.05) is 12.1 Å². The molecule has 124 valence electrons. The summed E-state index contributed by atoms with van der Waals surface area (Å²) < 4.78 is 26.0. The van der Waals surface area contributed by atoms with Crippen molar-refractivity contribution in [2.24, 2.45) is 0 Å². The van der Waals surface area contributed by atoms with E-state index in [0.29, 0.717) is 4.90 Å². The van der Waals surface area contributed by atoms with E-state index in [2.05, 4.69) is 5.32 Å². The second-order valence-corrected chi connectivity index (χ2v) is 6.01. The molecule has 0 spiro atoms. The van der Waals surface area contributed by atoms with Gasteiger partial charge in [0.05, 0.1) is 22.6 Å². The van der Waals surface area contributed by atoms with Crippen LogP contribution >= 0.6 is 11.8 Å². The molecule has 3 N–H and O–H groups in total. The summed E-state index contributed by atoms with van der Waals surface area (Å²) in [6.07, 6.45) is -2.51. The number of alkyl halides is 2. The number of hydrogen-bond acceptors (Lipinski definition) is 5. The molecule has 3 rings (SSSR count). The number of rotatable bonds is 4. The molecule has 0 radical (unpaired) electrons. The van der Waals surface area contributed by atoms with Gasteiger partial charge in [0.2, 0.25) is 6.43 Å². The van der Waals surface area contributed by atoms with Gasteiger partial charge in [-0.2, -0.15) is 0 Å². The Balaban J connectivity index is 2.19. The number of carbonyl (C=O) groups is 2. The van der Waals surface area contributed by atoms with Crippen molar-refractivity contribution >= 4 is 29.4 Å². The lowest BCUT2D eigenvalue weighted by atomic mass is 10.1. The first-order chi connectivity index (χ1) is 11.4. The first-order valence-electron chi connectivity index (χ1n) is 6.81. The number of halogens is 2. The molecule has 0 aliphatic carbocycles. The fraction of sp³-hybridized carbons (Fsp3) is 0.133. The molecular weight excluding hydrogens is 340 g/mol. The number of nitrogen functional groups attached to an aromatic ring is 1. The number of para-hydroxylation sites is 1. The van der Waals surface area contributed by atoms with E-state index in [1.807, 2.05) is 0 Å². The van der Waals surface area contributed by atoms with Crippen LogP contribution in [-0.4, -0.2) is 28.6 Å². The van der Waals surface area contributed by atoms with Gasteiger partial charge in [-0.05, 0) is 12.1 Å². The maximum absolute atomic E-state index is 12.5. The smallest absolute Gasteiger partial charge is 0.262 e. The molecule has 1 aliphatic rings. The highest BCUT2D eigenvalue weighted by atomic mass is 32.2. The molecule has 1 aromatic carbocycles. The van der Waals surface area contributed by atoms with E-state index in [0.717, 1.165) is 22.4 Å². The van der Waals surface area contributed by atoms with Crippen LogP contribution in [0.2, 0.25) is 0 Å². The van der Waals surface area contributed by atoms with Gasteiger partial charge < -0.3 is 5.73 Å². The maximum Gasteiger partial charge on any atom is 0.262 e. The Bertz CT molecular complexity index is 911. The van der Waals surface area contributed by atoms with Crippen LogP contribution in [0.25, 0.3) is 5.69 Å². The van der Waals surface area contributed by atoms with Gasteiger partial charge in [0, 0.05) is 11.0 Å². The lowest BCUT2D eigenvalue weighted by molar-refractivity contribution is 0.0880. The van der Waals surface area contributed by atoms with Crippen molar-refractivity contribution in [2.45, 2.75) is 11.3 Å². The standard InChI is InChI=1S/C15H11F2N3O3S/c16-10(17)6-24-9-4-2-1-3-8(9)20-11(21)5-7-12(13(20)18)15(23)19-14(7)22/h1-5,10H,6,18H2,(H,19,22,23). The number of carbonyl (C=O) groups excluding carboxylic acids is 2. The molecule has 0 fully saturated rings. The average molecular weight is 351 g/mol.